The standard InChI is InChI=1S/C24H25N7O2/c1-15-6-3-4-7-16(15)14-31-20(17-8-11-33-30-17)12-18(29-31)22-26-13-19(21(25)28-22)27-23(32)24(2)9-5-10-24/h3-4,6-8,11-13H,5,9-10,14H2,1-2H3,(H,27,32)(H2,25,26,28). The van der Waals surface area contributed by atoms with Crippen molar-refractivity contribution in [1.82, 2.24) is 24.9 Å². The Balaban J connectivity index is 1.46. The van der Waals surface area contributed by atoms with Crippen LogP contribution < -0.4 is 11.1 Å². The Hall–Kier alpha value is -4.01. The van der Waals surface area contributed by atoms with E-state index in [4.69, 9.17) is 15.4 Å². The van der Waals surface area contributed by atoms with Gasteiger partial charge in [-0.15, -0.1) is 0 Å². The van der Waals surface area contributed by atoms with Gasteiger partial charge in [0.05, 0.1) is 18.4 Å². The first-order valence-electron chi connectivity index (χ1n) is 10.9. The summed E-state index contributed by atoms with van der Waals surface area (Å²) in [4.78, 5) is 21.4. The van der Waals surface area contributed by atoms with E-state index in [9.17, 15) is 4.79 Å². The van der Waals surface area contributed by atoms with Gasteiger partial charge >= 0.3 is 0 Å². The van der Waals surface area contributed by atoms with E-state index in [2.05, 4.69) is 39.5 Å². The number of nitrogen functional groups attached to an aromatic ring is 1. The molecule has 9 nitrogen and oxygen atoms in total. The second-order valence-electron chi connectivity index (χ2n) is 8.74. The van der Waals surface area contributed by atoms with Gasteiger partial charge in [-0.25, -0.2) is 9.97 Å². The van der Waals surface area contributed by atoms with Crippen molar-refractivity contribution in [3.63, 3.8) is 0 Å². The second kappa shape index (κ2) is 8.16. The number of nitrogens with zero attached hydrogens (tertiary/aromatic N) is 5. The Kier molecular flexibility index (Phi) is 5.16. The topological polar surface area (TPSA) is 125 Å². The molecule has 1 aromatic carbocycles. The van der Waals surface area contributed by atoms with Gasteiger partial charge in [-0.3, -0.25) is 9.48 Å². The van der Waals surface area contributed by atoms with E-state index < -0.39 is 0 Å². The van der Waals surface area contributed by atoms with Crippen molar-refractivity contribution >= 4 is 17.4 Å². The summed E-state index contributed by atoms with van der Waals surface area (Å²) >= 11 is 0. The van der Waals surface area contributed by atoms with E-state index in [-0.39, 0.29) is 17.1 Å². The first-order chi connectivity index (χ1) is 15.9. The number of carbonyl (C=O) groups excluding carboxylic acids is 1. The summed E-state index contributed by atoms with van der Waals surface area (Å²) in [5.74, 6) is 0.522. The van der Waals surface area contributed by atoms with Crippen molar-refractivity contribution in [2.75, 3.05) is 11.1 Å². The SMILES string of the molecule is Cc1ccccc1Cn1nc(-c2ncc(NC(=O)C3(C)CCC3)c(N)n2)cc1-c1ccon1. The van der Waals surface area contributed by atoms with Crippen LogP contribution >= 0.6 is 0 Å². The average Bonchev–Trinajstić information content (AvgIpc) is 3.45. The van der Waals surface area contributed by atoms with Crippen LogP contribution in [0.2, 0.25) is 0 Å². The highest BCUT2D eigenvalue weighted by Crippen LogP contribution is 2.41. The summed E-state index contributed by atoms with van der Waals surface area (Å²) in [5.41, 5.74) is 10.5. The Morgan fingerprint density at radius 1 is 1.24 bits per heavy atom. The predicted octanol–water partition coefficient (Wildman–Crippen LogP) is 4.06. The number of nitrogens with two attached hydrogens (primary N) is 1. The van der Waals surface area contributed by atoms with Crippen LogP contribution in [-0.2, 0) is 11.3 Å². The zero-order valence-corrected chi connectivity index (χ0v) is 18.6. The molecule has 3 aromatic heterocycles. The van der Waals surface area contributed by atoms with E-state index in [1.54, 1.807) is 6.07 Å². The molecule has 0 aliphatic heterocycles. The molecule has 9 heteroatoms. The molecule has 0 atom stereocenters. The molecule has 1 saturated carbocycles. The van der Waals surface area contributed by atoms with Gasteiger partial charge in [0.1, 0.15) is 23.3 Å². The van der Waals surface area contributed by atoms with Crippen LogP contribution in [0.5, 0.6) is 0 Å². The highest BCUT2D eigenvalue weighted by Gasteiger charge is 2.39. The number of hydrogen-bond donors (Lipinski definition) is 2. The fourth-order valence-electron chi connectivity index (χ4n) is 3.97. The number of anilines is 2. The van der Waals surface area contributed by atoms with Crippen LogP contribution in [0.4, 0.5) is 11.5 Å². The summed E-state index contributed by atoms with van der Waals surface area (Å²) in [5, 5.41) is 11.7. The molecule has 0 radical (unpaired) electrons. The lowest BCUT2D eigenvalue weighted by Gasteiger charge is -2.36. The Morgan fingerprint density at radius 3 is 2.73 bits per heavy atom. The molecule has 1 fully saturated rings. The molecule has 3 N–H and O–H groups in total. The minimum atomic E-state index is -0.341. The number of nitrogens with one attached hydrogen (secondary N) is 1. The van der Waals surface area contributed by atoms with Crippen LogP contribution in [0.25, 0.3) is 22.9 Å². The fraction of sp³-hybridized carbons (Fsp3) is 0.292. The van der Waals surface area contributed by atoms with Gasteiger partial charge in [0.25, 0.3) is 0 Å². The molecule has 5 rings (SSSR count). The molecule has 1 aliphatic carbocycles. The minimum Gasteiger partial charge on any atom is -0.382 e. The van der Waals surface area contributed by atoms with Crippen molar-refractivity contribution in [2.24, 2.45) is 5.41 Å². The first kappa shape index (κ1) is 20.9. The molecule has 33 heavy (non-hydrogen) atoms. The molecule has 0 unspecified atom stereocenters. The van der Waals surface area contributed by atoms with Crippen molar-refractivity contribution in [2.45, 2.75) is 39.7 Å². The summed E-state index contributed by atoms with van der Waals surface area (Å²) in [6.45, 7) is 4.58. The lowest BCUT2D eigenvalue weighted by atomic mass is 9.70. The minimum absolute atomic E-state index is 0.0485. The smallest absolute Gasteiger partial charge is 0.230 e. The highest BCUT2D eigenvalue weighted by atomic mass is 16.5. The highest BCUT2D eigenvalue weighted by molar-refractivity contribution is 5.97. The van der Waals surface area contributed by atoms with E-state index in [1.165, 1.54) is 18.0 Å². The Morgan fingerprint density at radius 2 is 2.06 bits per heavy atom. The lowest BCUT2D eigenvalue weighted by molar-refractivity contribution is -0.128. The zero-order valence-electron chi connectivity index (χ0n) is 18.6. The Bertz CT molecular complexity index is 1310. The molecule has 4 aromatic rings. The van der Waals surface area contributed by atoms with Gasteiger partial charge in [0.2, 0.25) is 5.91 Å². The van der Waals surface area contributed by atoms with Gasteiger partial charge in [0.15, 0.2) is 11.6 Å². The van der Waals surface area contributed by atoms with E-state index in [0.717, 1.165) is 30.5 Å². The molecule has 0 bridgehead atoms. The van der Waals surface area contributed by atoms with Crippen LogP contribution in [0.15, 0.2) is 53.4 Å². The third-order valence-electron chi connectivity index (χ3n) is 6.36. The summed E-state index contributed by atoms with van der Waals surface area (Å²) in [7, 11) is 0. The van der Waals surface area contributed by atoms with Crippen molar-refractivity contribution in [3.8, 4) is 22.9 Å². The number of hydrogen-bond acceptors (Lipinski definition) is 7. The largest absolute Gasteiger partial charge is 0.382 e. The van der Waals surface area contributed by atoms with E-state index >= 15 is 0 Å². The first-order valence-corrected chi connectivity index (χ1v) is 10.9. The maximum Gasteiger partial charge on any atom is 0.230 e. The molecule has 3 heterocycles. The molecular weight excluding hydrogens is 418 g/mol. The summed E-state index contributed by atoms with van der Waals surface area (Å²) < 4.78 is 6.89. The number of aryl methyl sites for hydroxylation is 1. The maximum absolute atomic E-state index is 12.6. The number of carbonyl (C=O) groups is 1. The van der Waals surface area contributed by atoms with Crippen LogP contribution in [0.1, 0.15) is 37.3 Å². The third kappa shape index (κ3) is 3.97. The lowest BCUT2D eigenvalue weighted by Crippen LogP contribution is -2.39. The van der Waals surface area contributed by atoms with Gasteiger partial charge in [-0.1, -0.05) is 42.8 Å². The van der Waals surface area contributed by atoms with Gasteiger partial charge < -0.3 is 15.6 Å². The quantitative estimate of drug-likeness (QED) is 0.460. The van der Waals surface area contributed by atoms with Crippen molar-refractivity contribution < 1.29 is 9.32 Å². The van der Waals surface area contributed by atoms with Gasteiger partial charge in [-0.2, -0.15) is 5.10 Å². The van der Waals surface area contributed by atoms with Crippen LogP contribution in [-0.4, -0.2) is 30.8 Å². The monoisotopic (exact) mass is 443 g/mol. The molecule has 0 saturated heterocycles. The molecular formula is C24H25N7O2. The maximum atomic E-state index is 12.6. The molecule has 1 aliphatic rings. The number of rotatable bonds is 6. The second-order valence-corrected chi connectivity index (χ2v) is 8.74. The number of aromatic nitrogens is 5. The van der Waals surface area contributed by atoms with Crippen molar-refractivity contribution in [3.05, 3.63) is 60.0 Å². The summed E-state index contributed by atoms with van der Waals surface area (Å²) in [6, 6.07) is 11.8. The summed E-state index contributed by atoms with van der Waals surface area (Å²) in [6.07, 6.45) is 5.87. The average molecular weight is 444 g/mol. The fourth-order valence-corrected chi connectivity index (χ4v) is 3.97. The normalized spacial score (nSPS) is 14.6. The number of benzene rings is 1. The zero-order chi connectivity index (χ0) is 23.0. The molecule has 168 valence electrons. The molecule has 0 spiro atoms. The van der Waals surface area contributed by atoms with Gasteiger partial charge in [-0.05, 0) is 37.0 Å². The number of amides is 1. The van der Waals surface area contributed by atoms with Crippen molar-refractivity contribution in [1.29, 1.82) is 0 Å². The predicted molar refractivity (Wildman–Crippen MR) is 124 cm³/mol. The van der Waals surface area contributed by atoms with Crippen LogP contribution in [0.3, 0.4) is 0 Å². The van der Waals surface area contributed by atoms with E-state index in [1.807, 2.05) is 29.8 Å². The Labute approximate surface area is 191 Å². The third-order valence-corrected chi connectivity index (χ3v) is 6.36. The molecule has 1 amide bonds. The van der Waals surface area contributed by atoms with Gasteiger partial charge in [0, 0.05) is 11.5 Å². The van der Waals surface area contributed by atoms with E-state index in [0.29, 0.717) is 29.4 Å². The van der Waals surface area contributed by atoms with Crippen LogP contribution in [0, 0.1) is 12.3 Å².